The number of benzene rings is 3. The second kappa shape index (κ2) is 10.3. The number of carboxylic acids is 1. The average Bonchev–Trinajstić information content (AvgIpc) is 2.94. The minimum Gasteiger partial charge on any atom is -0.489 e. The Kier molecular flexibility index (Phi) is 7.05. The molecule has 0 saturated carbocycles. The summed E-state index contributed by atoms with van der Waals surface area (Å²) in [5.74, 6) is -0.572. The van der Waals surface area contributed by atoms with Gasteiger partial charge in [-0.15, -0.1) is 0 Å². The van der Waals surface area contributed by atoms with E-state index < -0.39 is 18.1 Å². The van der Waals surface area contributed by atoms with Gasteiger partial charge >= 0.3 is 5.97 Å². The third kappa shape index (κ3) is 5.59. The number of anilines is 1. The van der Waals surface area contributed by atoms with Gasteiger partial charge in [-0.3, -0.25) is 14.9 Å². The Bertz CT molecular complexity index is 1120. The molecule has 0 fully saturated rings. The standard InChI is InChI=1S/C27H28N2O4/c1-19-8-7-11-21(16-19)17-29-24-12-5-6-13-25(24)33-18-23(26(29)30)28-22(27(31)32)15-14-20-9-3-2-4-10-20/h2-13,16,22-23,28H,14-15,17-18H2,1H3,(H,31,32)/t22-,23-/m0/s1. The molecule has 1 aliphatic heterocycles. The monoisotopic (exact) mass is 444 g/mol. The molecule has 1 amide bonds. The third-order valence-electron chi connectivity index (χ3n) is 5.81. The van der Waals surface area contributed by atoms with Crippen LogP contribution in [0.4, 0.5) is 5.69 Å². The van der Waals surface area contributed by atoms with E-state index in [0.717, 1.165) is 16.7 Å². The first-order valence-corrected chi connectivity index (χ1v) is 11.1. The number of carbonyl (C=O) groups excluding carboxylic acids is 1. The molecule has 6 heteroatoms. The van der Waals surface area contributed by atoms with Gasteiger partial charge in [-0.25, -0.2) is 0 Å². The van der Waals surface area contributed by atoms with Crippen LogP contribution < -0.4 is 15.0 Å². The number of fused-ring (bicyclic) bond motifs is 1. The minimum atomic E-state index is -0.981. The van der Waals surface area contributed by atoms with Crippen molar-refractivity contribution in [3.8, 4) is 5.75 Å². The van der Waals surface area contributed by atoms with Crippen LogP contribution in [0, 0.1) is 6.92 Å². The van der Waals surface area contributed by atoms with Crippen LogP contribution in [0.2, 0.25) is 0 Å². The van der Waals surface area contributed by atoms with Crippen LogP contribution in [0.5, 0.6) is 5.75 Å². The Labute approximate surface area is 193 Å². The van der Waals surface area contributed by atoms with Gasteiger partial charge in [0.2, 0.25) is 5.91 Å². The Balaban J connectivity index is 1.55. The highest BCUT2D eigenvalue weighted by molar-refractivity contribution is 5.99. The maximum Gasteiger partial charge on any atom is 0.320 e. The van der Waals surface area contributed by atoms with E-state index in [1.165, 1.54) is 0 Å². The largest absolute Gasteiger partial charge is 0.489 e. The molecule has 1 heterocycles. The Hall–Kier alpha value is -3.64. The lowest BCUT2D eigenvalue weighted by Gasteiger charge is -2.27. The van der Waals surface area contributed by atoms with Crippen LogP contribution in [0.15, 0.2) is 78.9 Å². The number of aliphatic carboxylic acids is 1. The van der Waals surface area contributed by atoms with Crippen LogP contribution in [0.1, 0.15) is 23.1 Å². The minimum absolute atomic E-state index is 0.0648. The zero-order chi connectivity index (χ0) is 23.2. The van der Waals surface area contributed by atoms with Gasteiger partial charge in [-0.2, -0.15) is 0 Å². The van der Waals surface area contributed by atoms with Gasteiger partial charge < -0.3 is 14.7 Å². The summed E-state index contributed by atoms with van der Waals surface area (Å²) in [6.45, 7) is 2.45. The normalized spacial score (nSPS) is 16.5. The van der Waals surface area contributed by atoms with Gasteiger partial charge in [-0.1, -0.05) is 72.3 Å². The number of nitrogens with zero attached hydrogens (tertiary/aromatic N) is 1. The summed E-state index contributed by atoms with van der Waals surface area (Å²) >= 11 is 0. The molecule has 3 aromatic carbocycles. The Morgan fingerprint density at radius 3 is 2.55 bits per heavy atom. The van der Waals surface area contributed by atoms with Crippen molar-refractivity contribution in [3.63, 3.8) is 0 Å². The van der Waals surface area contributed by atoms with E-state index in [4.69, 9.17) is 4.74 Å². The van der Waals surface area contributed by atoms with Crippen molar-refractivity contribution < 1.29 is 19.4 Å². The molecule has 0 spiro atoms. The van der Waals surface area contributed by atoms with E-state index in [1.807, 2.05) is 85.8 Å². The second-order valence-corrected chi connectivity index (χ2v) is 8.33. The summed E-state index contributed by atoms with van der Waals surface area (Å²) in [5.41, 5.74) is 3.85. The number of nitrogens with one attached hydrogen (secondary N) is 1. The molecule has 0 bridgehead atoms. The lowest BCUT2D eigenvalue weighted by atomic mass is 10.0. The number of amides is 1. The molecule has 0 saturated heterocycles. The summed E-state index contributed by atoms with van der Waals surface area (Å²) < 4.78 is 5.95. The highest BCUT2D eigenvalue weighted by Gasteiger charge is 2.34. The molecule has 170 valence electrons. The molecule has 1 aliphatic rings. The molecule has 0 aliphatic carbocycles. The van der Waals surface area contributed by atoms with Crippen molar-refractivity contribution in [2.45, 2.75) is 38.4 Å². The van der Waals surface area contributed by atoms with Gasteiger partial charge in [-0.05, 0) is 43.0 Å². The SMILES string of the molecule is Cc1cccc(CN2C(=O)[C@@H](N[C@@H](CCc3ccccc3)C(=O)O)COc3ccccc32)c1. The Morgan fingerprint density at radius 1 is 1.06 bits per heavy atom. The van der Waals surface area contributed by atoms with E-state index in [-0.39, 0.29) is 12.5 Å². The van der Waals surface area contributed by atoms with Crippen molar-refractivity contribution >= 4 is 17.6 Å². The van der Waals surface area contributed by atoms with Crippen LogP contribution in [0.25, 0.3) is 0 Å². The Morgan fingerprint density at radius 2 is 1.79 bits per heavy atom. The number of ether oxygens (including phenoxy) is 1. The fourth-order valence-corrected chi connectivity index (χ4v) is 4.11. The summed E-state index contributed by atoms with van der Waals surface area (Å²) in [6, 6.07) is 23.5. The first-order valence-electron chi connectivity index (χ1n) is 11.1. The molecule has 4 rings (SSSR count). The van der Waals surface area contributed by atoms with Crippen molar-refractivity contribution in [3.05, 3.63) is 95.6 Å². The molecular weight excluding hydrogens is 416 g/mol. The number of hydrogen-bond acceptors (Lipinski definition) is 4. The van der Waals surface area contributed by atoms with Crippen LogP contribution >= 0.6 is 0 Å². The fraction of sp³-hybridized carbons (Fsp3) is 0.259. The van der Waals surface area contributed by atoms with Gasteiger partial charge in [0.15, 0.2) is 0 Å². The predicted molar refractivity (Wildman–Crippen MR) is 127 cm³/mol. The smallest absolute Gasteiger partial charge is 0.320 e. The second-order valence-electron chi connectivity index (χ2n) is 8.33. The van der Waals surface area contributed by atoms with Crippen molar-refractivity contribution in [1.82, 2.24) is 5.32 Å². The average molecular weight is 445 g/mol. The third-order valence-corrected chi connectivity index (χ3v) is 5.81. The van der Waals surface area contributed by atoms with Crippen molar-refractivity contribution in [1.29, 1.82) is 0 Å². The van der Waals surface area contributed by atoms with E-state index >= 15 is 0 Å². The number of para-hydroxylation sites is 2. The molecule has 33 heavy (non-hydrogen) atoms. The maximum atomic E-state index is 13.6. The summed E-state index contributed by atoms with van der Waals surface area (Å²) in [6.07, 6.45) is 0.966. The van der Waals surface area contributed by atoms with Gasteiger partial charge in [0.25, 0.3) is 0 Å². The molecule has 2 N–H and O–H groups in total. The highest BCUT2D eigenvalue weighted by Crippen LogP contribution is 2.32. The lowest BCUT2D eigenvalue weighted by Crippen LogP contribution is -2.53. The molecule has 0 aromatic heterocycles. The number of carboxylic acid groups (broad SMARTS) is 1. The van der Waals surface area contributed by atoms with Crippen LogP contribution in [-0.2, 0) is 22.6 Å². The van der Waals surface area contributed by atoms with Gasteiger partial charge in [0.1, 0.15) is 24.4 Å². The molecule has 0 radical (unpaired) electrons. The van der Waals surface area contributed by atoms with Crippen LogP contribution in [0.3, 0.4) is 0 Å². The molecule has 0 unspecified atom stereocenters. The zero-order valence-corrected chi connectivity index (χ0v) is 18.6. The summed E-state index contributed by atoms with van der Waals surface area (Å²) in [4.78, 5) is 27.3. The molecule has 6 nitrogen and oxygen atoms in total. The zero-order valence-electron chi connectivity index (χ0n) is 18.6. The summed E-state index contributed by atoms with van der Waals surface area (Å²) in [7, 11) is 0. The van der Waals surface area contributed by atoms with E-state index in [9.17, 15) is 14.7 Å². The van der Waals surface area contributed by atoms with Gasteiger partial charge in [0.05, 0.1) is 12.2 Å². The molecule has 2 atom stereocenters. The fourth-order valence-electron chi connectivity index (χ4n) is 4.11. The quantitative estimate of drug-likeness (QED) is 0.550. The predicted octanol–water partition coefficient (Wildman–Crippen LogP) is 3.96. The topological polar surface area (TPSA) is 78.9 Å². The summed E-state index contributed by atoms with van der Waals surface area (Å²) in [5, 5.41) is 12.9. The van der Waals surface area contributed by atoms with Crippen LogP contribution in [-0.4, -0.2) is 35.7 Å². The number of aryl methyl sites for hydroxylation is 2. The van der Waals surface area contributed by atoms with E-state index in [0.29, 0.717) is 30.8 Å². The number of rotatable bonds is 8. The number of hydrogen-bond donors (Lipinski definition) is 2. The van der Waals surface area contributed by atoms with E-state index in [1.54, 1.807) is 4.90 Å². The number of carbonyl (C=O) groups is 2. The van der Waals surface area contributed by atoms with Crippen molar-refractivity contribution in [2.75, 3.05) is 11.5 Å². The lowest BCUT2D eigenvalue weighted by molar-refractivity contribution is -0.140. The van der Waals surface area contributed by atoms with Gasteiger partial charge in [0, 0.05) is 0 Å². The van der Waals surface area contributed by atoms with Crippen molar-refractivity contribution in [2.24, 2.45) is 0 Å². The first kappa shape index (κ1) is 22.6. The highest BCUT2D eigenvalue weighted by atomic mass is 16.5. The molecule has 3 aromatic rings. The molecular formula is C27H28N2O4. The first-order chi connectivity index (χ1) is 16.0. The van der Waals surface area contributed by atoms with E-state index in [2.05, 4.69) is 5.32 Å². The maximum absolute atomic E-state index is 13.6.